The summed E-state index contributed by atoms with van der Waals surface area (Å²) < 4.78 is 13.3. The number of rotatable bonds is 6. The molecule has 0 aliphatic carbocycles. The minimum Gasteiger partial charge on any atom is -0.497 e. The minimum atomic E-state index is 0.471. The SMILES string of the molecule is COc1ccc(Cn2nc(C)c(Sc3ccccc3)c2OC2=NC=CCN2)cc1. The van der Waals surface area contributed by atoms with E-state index in [0.717, 1.165) is 26.8 Å². The van der Waals surface area contributed by atoms with Gasteiger partial charge < -0.3 is 14.8 Å². The molecule has 0 amide bonds. The summed E-state index contributed by atoms with van der Waals surface area (Å²) >= 11 is 1.64. The number of hydrogen-bond donors (Lipinski definition) is 1. The summed E-state index contributed by atoms with van der Waals surface area (Å²) in [5.74, 6) is 1.50. The molecule has 7 heteroatoms. The first kappa shape index (κ1) is 19.1. The Morgan fingerprint density at radius 1 is 1.10 bits per heavy atom. The van der Waals surface area contributed by atoms with Crippen molar-refractivity contribution in [3.63, 3.8) is 0 Å². The van der Waals surface area contributed by atoms with Crippen molar-refractivity contribution in [1.82, 2.24) is 15.1 Å². The van der Waals surface area contributed by atoms with Gasteiger partial charge in [-0.05, 0) is 42.8 Å². The predicted octanol–water partition coefficient (Wildman–Crippen LogP) is 4.25. The van der Waals surface area contributed by atoms with Gasteiger partial charge in [0.2, 0.25) is 5.88 Å². The van der Waals surface area contributed by atoms with Crippen molar-refractivity contribution < 1.29 is 9.47 Å². The van der Waals surface area contributed by atoms with Gasteiger partial charge in [0, 0.05) is 17.6 Å². The van der Waals surface area contributed by atoms with E-state index in [1.54, 1.807) is 25.1 Å². The highest BCUT2D eigenvalue weighted by atomic mass is 32.2. The summed E-state index contributed by atoms with van der Waals surface area (Å²) in [5, 5.41) is 7.90. The van der Waals surface area contributed by atoms with Crippen molar-refractivity contribution in [1.29, 1.82) is 0 Å². The number of amidine groups is 1. The number of hydrogen-bond acceptors (Lipinski definition) is 6. The van der Waals surface area contributed by atoms with Gasteiger partial charge in [-0.2, -0.15) is 5.10 Å². The highest BCUT2D eigenvalue weighted by Gasteiger charge is 2.21. The Bertz CT molecular complexity index is 1030. The van der Waals surface area contributed by atoms with E-state index in [0.29, 0.717) is 25.0 Å². The maximum absolute atomic E-state index is 6.17. The number of aryl methyl sites for hydroxylation is 1. The fraction of sp³-hybridized carbons (Fsp3) is 0.182. The molecule has 0 fully saturated rings. The third-order valence-electron chi connectivity index (χ3n) is 4.34. The zero-order valence-electron chi connectivity index (χ0n) is 16.3. The molecule has 1 aliphatic heterocycles. The van der Waals surface area contributed by atoms with Gasteiger partial charge in [0.15, 0.2) is 0 Å². The highest BCUT2D eigenvalue weighted by molar-refractivity contribution is 7.99. The number of aliphatic imine (C=N–C) groups is 1. The standard InChI is InChI=1S/C22H22N4O2S/c1-16-20(29-19-7-4-3-5-8-19)21(28-22-23-13-6-14-24-22)26(25-16)15-17-9-11-18(27-2)12-10-17/h3-13H,14-15H2,1-2H3,(H,23,24). The lowest BCUT2D eigenvalue weighted by molar-refractivity contribution is 0.414. The second kappa shape index (κ2) is 8.87. The number of benzene rings is 2. The van der Waals surface area contributed by atoms with E-state index in [9.17, 15) is 0 Å². The first-order chi connectivity index (χ1) is 14.2. The number of nitrogens with one attached hydrogen (secondary N) is 1. The monoisotopic (exact) mass is 406 g/mol. The van der Waals surface area contributed by atoms with Crippen molar-refractivity contribution in [2.45, 2.75) is 23.3 Å². The largest absolute Gasteiger partial charge is 0.497 e. The Morgan fingerprint density at radius 3 is 2.59 bits per heavy atom. The zero-order chi connectivity index (χ0) is 20.1. The summed E-state index contributed by atoms with van der Waals surface area (Å²) in [5.41, 5.74) is 2.02. The molecule has 1 aromatic heterocycles. The van der Waals surface area contributed by atoms with Crippen LogP contribution >= 0.6 is 11.8 Å². The maximum Gasteiger partial charge on any atom is 0.296 e. The van der Waals surface area contributed by atoms with Gasteiger partial charge in [-0.25, -0.2) is 9.67 Å². The van der Waals surface area contributed by atoms with Crippen LogP contribution in [0.3, 0.4) is 0 Å². The Kier molecular flexibility index (Phi) is 5.86. The van der Waals surface area contributed by atoms with Crippen LogP contribution in [0.4, 0.5) is 0 Å². The molecule has 0 spiro atoms. The Labute approximate surface area is 174 Å². The fourth-order valence-corrected chi connectivity index (χ4v) is 3.85. The van der Waals surface area contributed by atoms with Gasteiger partial charge in [-0.3, -0.25) is 0 Å². The average Bonchev–Trinajstić information content (AvgIpc) is 3.04. The summed E-state index contributed by atoms with van der Waals surface area (Å²) in [6.45, 7) is 3.27. The van der Waals surface area contributed by atoms with Crippen molar-refractivity contribution >= 4 is 17.8 Å². The minimum absolute atomic E-state index is 0.471. The first-order valence-electron chi connectivity index (χ1n) is 9.30. The summed E-state index contributed by atoms with van der Waals surface area (Å²) in [4.78, 5) is 6.39. The van der Waals surface area contributed by atoms with E-state index in [1.165, 1.54) is 0 Å². The third kappa shape index (κ3) is 4.63. The average molecular weight is 407 g/mol. The molecular formula is C22H22N4O2S. The molecular weight excluding hydrogens is 384 g/mol. The lowest BCUT2D eigenvalue weighted by Crippen LogP contribution is -2.31. The van der Waals surface area contributed by atoms with Crippen LogP contribution in [0.15, 0.2) is 81.7 Å². The molecule has 0 radical (unpaired) electrons. The maximum atomic E-state index is 6.17. The highest BCUT2D eigenvalue weighted by Crippen LogP contribution is 2.38. The molecule has 29 heavy (non-hydrogen) atoms. The second-order valence-electron chi connectivity index (χ2n) is 6.44. The van der Waals surface area contributed by atoms with E-state index in [1.807, 2.05) is 60.1 Å². The Morgan fingerprint density at radius 2 is 1.90 bits per heavy atom. The lowest BCUT2D eigenvalue weighted by Gasteiger charge is -2.14. The quantitative estimate of drug-likeness (QED) is 0.663. The van der Waals surface area contributed by atoms with E-state index in [2.05, 4.69) is 22.4 Å². The molecule has 1 aliphatic rings. The fourth-order valence-electron chi connectivity index (χ4n) is 2.90. The molecule has 0 saturated heterocycles. The van der Waals surface area contributed by atoms with E-state index in [-0.39, 0.29) is 0 Å². The topological polar surface area (TPSA) is 60.7 Å². The Balaban J connectivity index is 1.67. The molecule has 148 valence electrons. The van der Waals surface area contributed by atoms with Crippen LogP contribution in [0.5, 0.6) is 11.6 Å². The van der Waals surface area contributed by atoms with E-state index >= 15 is 0 Å². The third-order valence-corrected chi connectivity index (χ3v) is 5.53. The van der Waals surface area contributed by atoms with Gasteiger partial charge in [0.25, 0.3) is 6.02 Å². The van der Waals surface area contributed by atoms with Crippen molar-refractivity contribution in [2.24, 2.45) is 4.99 Å². The predicted molar refractivity (Wildman–Crippen MR) is 115 cm³/mol. The molecule has 0 bridgehead atoms. The summed E-state index contributed by atoms with van der Waals surface area (Å²) in [6.07, 6.45) is 3.68. The molecule has 6 nitrogen and oxygen atoms in total. The van der Waals surface area contributed by atoms with E-state index in [4.69, 9.17) is 14.6 Å². The van der Waals surface area contributed by atoms with Crippen molar-refractivity contribution in [3.8, 4) is 11.6 Å². The number of methoxy groups -OCH3 is 1. The molecule has 2 heterocycles. The van der Waals surface area contributed by atoms with Gasteiger partial charge in [-0.1, -0.05) is 42.1 Å². The van der Waals surface area contributed by atoms with Crippen LogP contribution in [0.2, 0.25) is 0 Å². The van der Waals surface area contributed by atoms with Crippen LogP contribution in [-0.2, 0) is 6.54 Å². The molecule has 2 aromatic carbocycles. The molecule has 4 rings (SSSR count). The number of nitrogens with zero attached hydrogens (tertiary/aromatic N) is 3. The second-order valence-corrected chi connectivity index (χ2v) is 7.53. The van der Waals surface area contributed by atoms with Crippen molar-refractivity contribution in [3.05, 3.63) is 78.1 Å². The van der Waals surface area contributed by atoms with Gasteiger partial charge in [0.05, 0.1) is 24.2 Å². The molecule has 0 saturated carbocycles. The summed E-state index contributed by atoms with van der Waals surface area (Å²) in [7, 11) is 1.66. The smallest absolute Gasteiger partial charge is 0.296 e. The first-order valence-corrected chi connectivity index (χ1v) is 10.1. The normalized spacial score (nSPS) is 13.0. The number of aromatic nitrogens is 2. The van der Waals surface area contributed by atoms with Gasteiger partial charge >= 0.3 is 0 Å². The summed E-state index contributed by atoms with van der Waals surface area (Å²) in [6, 6.07) is 18.6. The van der Waals surface area contributed by atoms with Crippen LogP contribution in [-0.4, -0.2) is 29.5 Å². The van der Waals surface area contributed by atoms with Gasteiger partial charge in [0.1, 0.15) is 5.75 Å². The van der Waals surface area contributed by atoms with Crippen LogP contribution in [0, 0.1) is 6.92 Å². The molecule has 0 atom stereocenters. The lowest BCUT2D eigenvalue weighted by atomic mass is 10.2. The molecule has 1 N–H and O–H groups in total. The van der Waals surface area contributed by atoms with Gasteiger partial charge in [-0.15, -0.1) is 0 Å². The Hall–Kier alpha value is -3.19. The van der Waals surface area contributed by atoms with Crippen molar-refractivity contribution in [2.75, 3.05) is 13.7 Å². The van der Waals surface area contributed by atoms with Crippen LogP contribution < -0.4 is 14.8 Å². The van der Waals surface area contributed by atoms with Crippen LogP contribution in [0.25, 0.3) is 0 Å². The number of ether oxygens (including phenoxy) is 2. The van der Waals surface area contributed by atoms with E-state index < -0.39 is 0 Å². The zero-order valence-corrected chi connectivity index (χ0v) is 17.1. The van der Waals surface area contributed by atoms with Crippen LogP contribution in [0.1, 0.15) is 11.3 Å². The molecule has 0 unspecified atom stereocenters. The molecule has 3 aromatic rings.